The van der Waals surface area contributed by atoms with E-state index >= 15 is 0 Å². The predicted molar refractivity (Wildman–Crippen MR) is 144 cm³/mol. The standard InChI is InChI=1S/C29H46N4O3/c1-22-8-9-24(25(20-22)31-16-10-23(11-17-31)26(34)30(5)6)21-33-15-7-12-29(33)13-18-32(19-14-29)27(35)36-28(2,3)4/h8-9,20,23H,7,10-19,21H2,1-6H3. The zero-order valence-electron chi connectivity index (χ0n) is 23.3. The van der Waals surface area contributed by atoms with Gasteiger partial charge in [0.15, 0.2) is 0 Å². The number of likely N-dealkylation sites (tertiary alicyclic amines) is 2. The van der Waals surface area contributed by atoms with Gasteiger partial charge in [-0.05, 0) is 90.0 Å². The van der Waals surface area contributed by atoms with Crippen LogP contribution in [0.3, 0.4) is 0 Å². The molecule has 3 heterocycles. The van der Waals surface area contributed by atoms with Gasteiger partial charge in [-0.25, -0.2) is 4.79 Å². The Kier molecular flexibility index (Phi) is 7.89. The van der Waals surface area contributed by atoms with Crippen molar-refractivity contribution in [2.24, 2.45) is 5.92 Å². The van der Waals surface area contributed by atoms with Crippen molar-refractivity contribution in [2.45, 2.75) is 83.9 Å². The lowest BCUT2D eigenvalue weighted by Gasteiger charge is -2.45. The summed E-state index contributed by atoms with van der Waals surface area (Å²) in [6, 6.07) is 6.87. The Labute approximate surface area is 217 Å². The molecule has 3 saturated heterocycles. The van der Waals surface area contributed by atoms with Crippen LogP contribution >= 0.6 is 0 Å². The van der Waals surface area contributed by atoms with Gasteiger partial charge < -0.3 is 19.4 Å². The van der Waals surface area contributed by atoms with Gasteiger partial charge in [-0.2, -0.15) is 0 Å². The van der Waals surface area contributed by atoms with Gasteiger partial charge in [0.2, 0.25) is 5.91 Å². The van der Waals surface area contributed by atoms with Gasteiger partial charge in [0.1, 0.15) is 5.60 Å². The molecule has 0 saturated carbocycles. The number of aryl methyl sites for hydroxylation is 1. The SMILES string of the molecule is Cc1ccc(CN2CCCC23CCN(C(=O)OC(C)(C)C)CC3)c(N2CCC(C(=O)N(C)C)CC2)c1. The fourth-order valence-electron chi connectivity index (χ4n) is 6.28. The molecule has 0 N–H and O–H groups in total. The zero-order chi connectivity index (χ0) is 26.1. The Morgan fingerprint density at radius 1 is 1.03 bits per heavy atom. The van der Waals surface area contributed by atoms with E-state index in [9.17, 15) is 9.59 Å². The lowest BCUT2D eigenvalue weighted by Crippen LogP contribution is -2.53. The smallest absolute Gasteiger partial charge is 0.410 e. The van der Waals surface area contributed by atoms with Crippen molar-refractivity contribution in [2.75, 3.05) is 51.7 Å². The van der Waals surface area contributed by atoms with Crippen LogP contribution in [0.4, 0.5) is 10.5 Å². The summed E-state index contributed by atoms with van der Waals surface area (Å²) in [5.74, 6) is 0.400. The van der Waals surface area contributed by atoms with Crippen LogP contribution < -0.4 is 4.90 Å². The highest BCUT2D eigenvalue weighted by Gasteiger charge is 2.44. The van der Waals surface area contributed by atoms with E-state index in [1.807, 2.05) is 39.8 Å². The van der Waals surface area contributed by atoms with Crippen LogP contribution in [0.25, 0.3) is 0 Å². The van der Waals surface area contributed by atoms with Gasteiger partial charge in [-0.3, -0.25) is 9.69 Å². The Balaban J connectivity index is 1.43. The minimum absolute atomic E-state index is 0.140. The van der Waals surface area contributed by atoms with E-state index in [1.54, 1.807) is 4.90 Å². The number of hydrogen-bond acceptors (Lipinski definition) is 5. The number of piperidine rings is 2. The number of carbonyl (C=O) groups is 2. The summed E-state index contributed by atoms with van der Waals surface area (Å²) in [5.41, 5.74) is 3.71. The molecule has 7 heteroatoms. The summed E-state index contributed by atoms with van der Waals surface area (Å²) < 4.78 is 5.62. The second-order valence-electron chi connectivity index (χ2n) is 12.3. The Hall–Kier alpha value is -2.28. The molecule has 0 atom stereocenters. The number of rotatable bonds is 4. The summed E-state index contributed by atoms with van der Waals surface area (Å²) in [4.78, 5) is 33.9. The molecule has 0 bridgehead atoms. The first-order chi connectivity index (χ1) is 17.0. The fraction of sp³-hybridized carbons (Fsp3) is 0.724. The van der Waals surface area contributed by atoms with E-state index in [0.29, 0.717) is 0 Å². The molecule has 1 aromatic carbocycles. The lowest BCUT2D eigenvalue weighted by atomic mass is 9.84. The summed E-state index contributed by atoms with van der Waals surface area (Å²) in [6.45, 7) is 13.4. The van der Waals surface area contributed by atoms with Crippen LogP contribution in [-0.2, 0) is 16.1 Å². The molecule has 0 aromatic heterocycles. The highest BCUT2D eigenvalue weighted by molar-refractivity contribution is 5.78. The molecule has 0 unspecified atom stereocenters. The van der Waals surface area contributed by atoms with Crippen molar-refractivity contribution in [3.63, 3.8) is 0 Å². The molecule has 36 heavy (non-hydrogen) atoms. The van der Waals surface area contributed by atoms with E-state index in [2.05, 4.69) is 34.9 Å². The number of ether oxygens (including phenoxy) is 1. The number of anilines is 1. The molecule has 7 nitrogen and oxygen atoms in total. The predicted octanol–water partition coefficient (Wildman–Crippen LogP) is 4.67. The highest BCUT2D eigenvalue weighted by Crippen LogP contribution is 2.41. The molecule has 3 aliphatic rings. The second kappa shape index (κ2) is 10.6. The molecule has 3 aliphatic heterocycles. The molecule has 0 aliphatic carbocycles. The number of hydrogen-bond donors (Lipinski definition) is 0. The van der Waals surface area contributed by atoms with Crippen LogP contribution in [0.5, 0.6) is 0 Å². The van der Waals surface area contributed by atoms with E-state index in [4.69, 9.17) is 4.74 Å². The fourth-order valence-corrected chi connectivity index (χ4v) is 6.28. The van der Waals surface area contributed by atoms with Crippen molar-refractivity contribution < 1.29 is 14.3 Å². The highest BCUT2D eigenvalue weighted by atomic mass is 16.6. The number of nitrogens with zero attached hydrogens (tertiary/aromatic N) is 4. The maximum absolute atomic E-state index is 12.6. The number of carbonyl (C=O) groups excluding carboxylic acids is 2. The largest absolute Gasteiger partial charge is 0.444 e. The molecule has 4 rings (SSSR count). The number of benzene rings is 1. The minimum atomic E-state index is -0.457. The minimum Gasteiger partial charge on any atom is -0.444 e. The average Bonchev–Trinajstić information content (AvgIpc) is 3.20. The summed E-state index contributed by atoms with van der Waals surface area (Å²) in [6.07, 6.45) is 6.08. The van der Waals surface area contributed by atoms with Gasteiger partial charge in [0, 0.05) is 64.0 Å². The maximum atomic E-state index is 12.6. The van der Waals surface area contributed by atoms with Crippen LogP contribution in [0.15, 0.2) is 18.2 Å². The molecule has 1 aromatic rings. The zero-order valence-corrected chi connectivity index (χ0v) is 23.3. The third-order valence-electron chi connectivity index (χ3n) is 8.31. The van der Waals surface area contributed by atoms with Crippen LogP contribution in [-0.4, -0.2) is 84.7 Å². The third kappa shape index (κ3) is 5.99. The third-order valence-corrected chi connectivity index (χ3v) is 8.31. The van der Waals surface area contributed by atoms with Crippen LogP contribution in [0.1, 0.15) is 70.4 Å². The molecular formula is C29H46N4O3. The topological polar surface area (TPSA) is 56.3 Å². The van der Waals surface area contributed by atoms with Crippen LogP contribution in [0, 0.1) is 12.8 Å². The first-order valence-corrected chi connectivity index (χ1v) is 13.8. The molecule has 1 spiro atoms. The molecular weight excluding hydrogens is 452 g/mol. The normalized spacial score (nSPS) is 21.2. The Morgan fingerprint density at radius 3 is 2.31 bits per heavy atom. The van der Waals surface area contributed by atoms with E-state index < -0.39 is 5.60 Å². The molecule has 3 fully saturated rings. The van der Waals surface area contributed by atoms with Gasteiger partial charge >= 0.3 is 6.09 Å². The van der Waals surface area contributed by atoms with E-state index in [-0.39, 0.29) is 23.5 Å². The molecule has 200 valence electrons. The van der Waals surface area contributed by atoms with Crippen molar-refractivity contribution in [3.05, 3.63) is 29.3 Å². The van der Waals surface area contributed by atoms with Crippen molar-refractivity contribution in [1.29, 1.82) is 0 Å². The number of amides is 2. The van der Waals surface area contributed by atoms with Gasteiger partial charge in [0.25, 0.3) is 0 Å². The van der Waals surface area contributed by atoms with Crippen molar-refractivity contribution in [1.82, 2.24) is 14.7 Å². The van der Waals surface area contributed by atoms with Crippen molar-refractivity contribution >= 4 is 17.7 Å². The first-order valence-electron chi connectivity index (χ1n) is 13.8. The monoisotopic (exact) mass is 498 g/mol. The quantitative estimate of drug-likeness (QED) is 0.604. The Morgan fingerprint density at radius 2 is 1.69 bits per heavy atom. The van der Waals surface area contributed by atoms with Gasteiger partial charge in [0.05, 0.1) is 0 Å². The first kappa shape index (κ1) is 26.8. The van der Waals surface area contributed by atoms with E-state index in [1.165, 1.54) is 29.7 Å². The van der Waals surface area contributed by atoms with E-state index in [0.717, 1.165) is 65.0 Å². The Bertz CT molecular complexity index is 938. The lowest BCUT2D eigenvalue weighted by molar-refractivity contribution is -0.133. The van der Waals surface area contributed by atoms with Crippen LogP contribution in [0.2, 0.25) is 0 Å². The molecule has 0 radical (unpaired) electrons. The van der Waals surface area contributed by atoms with Gasteiger partial charge in [-0.1, -0.05) is 12.1 Å². The summed E-state index contributed by atoms with van der Waals surface area (Å²) >= 11 is 0. The average molecular weight is 499 g/mol. The second-order valence-corrected chi connectivity index (χ2v) is 12.3. The summed E-state index contributed by atoms with van der Waals surface area (Å²) in [7, 11) is 3.72. The van der Waals surface area contributed by atoms with Crippen molar-refractivity contribution in [3.8, 4) is 0 Å². The molecule has 2 amide bonds. The summed E-state index contributed by atoms with van der Waals surface area (Å²) in [5, 5.41) is 0. The maximum Gasteiger partial charge on any atom is 0.410 e. The van der Waals surface area contributed by atoms with Gasteiger partial charge in [-0.15, -0.1) is 0 Å².